The van der Waals surface area contributed by atoms with Crippen molar-refractivity contribution in [1.29, 1.82) is 0 Å². The Bertz CT molecular complexity index is 3780. The highest BCUT2D eigenvalue weighted by atomic mass is 16.3. The van der Waals surface area contributed by atoms with Crippen LogP contribution in [0.4, 0.5) is 0 Å². The van der Waals surface area contributed by atoms with Crippen LogP contribution in [0, 0.1) is 0 Å². The minimum Gasteiger partial charge on any atom is -0.456 e. The van der Waals surface area contributed by atoms with Gasteiger partial charge in [0.2, 0.25) is 0 Å². The molecule has 9 aromatic carbocycles. The Hall–Kier alpha value is -7.94. The molecule has 0 fully saturated rings. The SMILES string of the molecule is C1=c2oc3ccccc3c2=CC(c2ccc(-c3ccc4c(c3)C3(c5ccccc5-c5ccccc53)c3cc(-c5ccc(-c6ccc7oc8ccccc8c7c6)cc5)ccc3-4)cc2)C1. The normalized spacial score (nSPS) is 15.1. The van der Waals surface area contributed by atoms with E-state index in [2.05, 4.69) is 194 Å². The van der Waals surface area contributed by atoms with Gasteiger partial charge < -0.3 is 8.83 Å². The zero-order valence-electron chi connectivity index (χ0n) is 34.3. The summed E-state index contributed by atoms with van der Waals surface area (Å²) < 4.78 is 12.3. The highest BCUT2D eigenvalue weighted by Gasteiger charge is 2.51. The number of benzene rings is 9. The summed E-state index contributed by atoms with van der Waals surface area (Å²) >= 11 is 0. The van der Waals surface area contributed by atoms with Crippen LogP contribution in [0.1, 0.15) is 40.2 Å². The summed E-state index contributed by atoms with van der Waals surface area (Å²) in [6.45, 7) is 0. The van der Waals surface area contributed by atoms with Gasteiger partial charge in [-0.2, -0.15) is 0 Å². The largest absolute Gasteiger partial charge is 0.456 e. The van der Waals surface area contributed by atoms with E-state index in [4.69, 9.17) is 8.83 Å². The average molecular weight is 803 g/mol. The zero-order valence-corrected chi connectivity index (χ0v) is 34.3. The van der Waals surface area contributed by atoms with Gasteiger partial charge in [0.25, 0.3) is 0 Å². The molecule has 0 radical (unpaired) electrons. The highest BCUT2D eigenvalue weighted by Crippen LogP contribution is 2.63. The maximum absolute atomic E-state index is 6.17. The van der Waals surface area contributed by atoms with E-state index >= 15 is 0 Å². The summed E-state index contributed by atoms with van der Waals surface area (Å²) in [5, 5.41) is 4.69. The molecular formula is C61H38O2. The van der Waals surface area contributed by atoms with Gasteiger partial charge in [-0.3, -0.25) is 0 Å². The number of rotatable bonds is 4. The second-order valence-corrected chi connectivity index (χ2v) is 17.5. The molecule has 1 spiro atoms. The van der Waals surface area contributed by atoms with E-state index in [1.54, 1.807) is 0 Å². The first-order chi connectivity index (χ1) is 31.2. The van der Waals surface area contributed by atoms with Crippen molar-refractivity contribution in [3.05, 3.63) is 239 Å². The molecule has 1 atom stereocenters. The summed E-state index contributed by atoms with van der Waals surface area (Å²) in [6, 6.07) is 74.0. The third kappa shape index (κ3) is 4.95. The summed E-state index contributed by atoms with van der Waals surface area (Å²) in [7, 11) is 0. The van der Waals surface area contributed by atoms with Gasteiger partial charge in [-0.25, -0.2) is 0 Å². The second-order valence-electron chi connectivity index (χ2n) is 17.5. The van der Waals surface area contributed by atoms with Crippen LogP contribution in [-0.2, 0) is 5.41 Å². The maximum Gasteiger partial charge on any atom is 0.135 e. The van der Waals surface area contributed by atoms with E-state index in [-0.39, 0.29) is 0 Å². The van der Waals surface area contributed by atoms with E-state index < -0.39 is 5.41 Å². The first-order valence-electron chi connectivity index (χ1n) is 22.0. The lowest BCUT2D eigenvalue weighted by molar-refractivity contribution is 0.570. The monoisotopic (exact) mass is 802 g/mol. The number of fused-ring (bicyclic) bond motifs is 16. The molecule has 0 aliphatic heterocycles. The molecule has 294 valence electrons. The molecule has 14 rings (SSSR count). The van der Waals surface area contributed by atoms with E-state index in [1.165, 1.54) is 94.1 Å². The molecular weight excluding hydrogens is 765 g/mol. The Kier molecular flexibility index (Phi) is 7.19. The Morgan fingerprint density at radius 3 is 1.49 bits per heavy atom. The fraction of sp³-hybridized carbons (Fsp3) is 0.0492. The smallest absolute Gasteiger partial charge is 0.135 e. The Morgan fingerprint density at radius 1 is 0.365 bits per heavy atom. The minimum absolute atomic E-state index is 0.300. The van der Waals surface area contributed by atoms with Crippen LogP contribution < -0.4 is 10.6 Å². The van der Waals surface area contributed by atoms with Gasteiger partial charge in [-0.1, -0.05) is 170 Å². The molecule has 0 bridgehead atoms. The molecule has 0 saturated heterocycles. The van der Waals surface area contributed by atoms with Crippen molar-refractivity contribution >= 4 is 45.1 Å². The summed E-state index contributed by atoms with van der Waals surface area (Å²) in [5.74, 6) is 0.300. The molecule has 3 aliphatic carbocycles. The van der Waals surface area contributed by atoms with Crippen LogP contribution in [0.15, 0.2) is 209 Å². The van der Waals surface area contributed by atoms with Gasteiger partial charge in [-0.15, -0.1) is 0 Å². The Balaban J connectivity index is 0.868. The van der Waals surface area contributed by atoms with Crippen LogP contribution >= 0.6 is 0 Å². The fourth-order valence-corrected chi connectivity index (χ4v) is 11.3. The van der Waals surface area contributed by atoms with Crippen molar-refractivity contribution in [3.63, 3.8) is 0 Å². The van der Waals surface area contributed by atoms with Gasteiger partial charge in [0.05, 0.1) is 5.41 Å². The lowest BCUT2D eigenvalue weighted by Crippen LogP contribution is -2.26. The lowest BCUT2D eigenvalue weighted by Gasteiger charge is -2.31. The van der Waals surface area contributed by atoms with Crippen molar-refractivity contribution < 1.29 is 8.83 Å². The van der Waals surface area contributed by atoms with Crippen molar-refractivity contribution in [2.24, 2.45) is 0 Å². The molecule has 2 heteroatoms. The molecule has 0 saturated carbocycles. The summed E-state index contributed by atoms with van der Waals surface area (Å²) in [6.07, 6.45) is 5.58. The molecule has 1 unspecified atom stereocenters. The number of hydrogen-bond acceptors (Lipinski definition) is 2. The predicted octanol–water partition coefficient (Wildman–Crippen LogP) is 14.4. The van der Waals surface area contributed by atoms with Crippen LogP contribution in [-0.4, -0.2) is 0 Å². The van der Waals surface area contributed by atoms with Crippen LogP contribution in [0.5, 0.6) is 0 Å². The lowest BCUT2D eigenvalue weighted by atomic mass is 9.70. The Morgan fingerprint density at radius 2 is 0.841 bits per heavy atom. The predicted molar refractivity (Wildman–Crippen MR) is 258 cm³/mol. The van der Waals surface area contributed by atoms with Crippen molar-refractivity contribution in [2.75, 3.05) is 0 Å². The van der Waals surface area contributed by atoms with Gasteiger partial charge in [-0.05, 0) is 132 Å². The quantitative estimate of drug-likeness (QED) is 0.177. The van der Waals surface area contributed by atoms with Crippen LogP contribution in [0.3, 0.4) is 0 Å². The highest BCUT2D eigenvalue weighted by molar-refractivity contribution is 6.06. The second kappa shape index (κ2) is 13.0. The van der Waals surface area contributed by atoms with E-state index in [0.29, 0.717) is 5.92 Å². The molecule has 63 heavy (non-hydrogen) atoms. The standard InChI is InChI=1S/C61H38O2/c1-5-13-53-45(9-1)46-10-2-6-14-54(46)61(53)55-35-43(39-21-17-37(18-22-39)41-27-31-59-51(33-41)49-11-3-7-15-57(49)62-59)25-29-47(55)48-30-26-44(36-56(48)61)40-23-19-38(20-24-40)42-28-32-60-52(34-42)50-12-4-8-16-58(50)63-60/h1-27,29-36,42H,28H2. The van der Waals surface area contributed by atoms with Crippen molar-refractivity contribution in [3.8, 4) is 55.6 Å². The fourth-order valence-electron chi connectivity index (χ4n) is 11.3. The molecule has 2 nitrogen and oxygen atoms in total. The van der Waals surface area contributed by atoms with Crippen molar-refractivity contribution in [2.45, 2.75) is 17.8 Å². The zero-order chi connectivity index (χ0) is 41.2. The number of furan rings is 2. The van der Waals surface area contributed by atoms with Gasteiger partial charge in [0.15, 0.2) is 0 Å². The van der Waals surface area contributed by atoms with Crippen LogP contribution in [0.25, 0.3) is 101 Å². The third-order valence-electron chi connectivity index (χ3n) is 14.3. The molecule has 0 amide bonds. The van der Waals surface area contributed by atoms with Gasteiger partial charge >= 0.3 is 0 Å². The number of hydrogen-bond donors (Lipinski definition) is 0. The number of para-hydroxylation sites is 2. The molecule has 2 heterocycles. The molecule has 2 aromatic heterocycles. The van der Waals surface area contributed by atoms with E-state index in [0.717, 1.165) is 39.4 Å². The Labute approximate surface area is 364 Å². The van der Waals surface area contributed by atoms with Gasteiger partial charge in [0.1, 0.15) is 22.2 Å². The first kappa shape index (κ1) is 34.7. The minimum atomic E-state index is -0.454. The van der Waals surface area contributed by atoms with Crippen LogP contribution in [0.2, 0.25) is 0 Å². The summed E-state index contributed by atoms with van der Waals surface area (Å²) in [5.41, 5.74) is 22.5. The maximum atomic E-state index is 6.17. The van der Waals surface area contributed by atoms with Gasteiger partial charge in [0, 0.05) is 27.3 Å². The van der Waals surface area contributed by atoms with E-state index in [1.807, 2.05) is 18.2 Å². The topological polar surface area (TPSA) is 26.3 Å². The molecule has 3 aliphatic rings. The van der Waals surface area contributed by atoms with E-state index in [9.17, 15) is 0 Å². The average Bonchev–Trinajstić information content (AvgIpc) is 4.08. The third-order valence-corrected chi connectivity index (χ3v) is 14.3. The first-order valence-corrected chi connectivity index (χ1v) is 22.0. The summed E-state index contributed by atoms with van der Waals surface area (Å²) in [4.78, 5) is 0. The molecule has 0 N–H and O–H groups in total. The molecule has 11 aromatic rings. The van der Waals surface area contributed by atoms with Crippen molar-refractivity contribution in [1.82, 2.24) is 0 Å².